The van der Waals surface area contributed by atoms with Crippen LogP contribution in [0.4, 0.5) is 0 Å². The van der Waals surface area contributed by atoms with E-state index in [0.29, 0.717) is 0 Å². The molecule has 0 aliphatic heterocycles. The summed E-state index contributed by atoms with van der Waals surface area (Å²) in [5.74, 6) is 1.01. The summed E-state index contributed by atoms with van der Waals surface area (Å²) in [5.41, 5.74) is 4.06. The van der Waals surface area contributed by atoms with Gasteiger partial charge in [0.25, 0.3) is 0 Å². The molecule has 0 aliphatic rings. The van der Waals surface area contributed by atoms with E-state index in [1.54, 1.807) is 0 Å². The van der Waals surface area contributed by atoms with Crippen LogP contribution in [0, 0.1) is 26.7 Å². The summed E-state index contributed by atoms with van der Waals surface area (Å²) in [7, 11) is 2.67. The van der Waals surface area contributed by atoms with E-state index in [0.717, 1.165) is 47.0 Å². The normalized spacial score (nSPS) is 12.8. The minimum atomic E-state index is -0.461. The number of unbranched alkanes of at least 4 members (excludes halogenated alkanes) is 1. The maximum Gasteiger partial charge on any atom is 1.00 e. The molecular formula is C23H32LiO2P. The predicted molar refractivity (Wildman–Crippen MR) is 115 cm³/mol. The third kappa shape index (κ3) is 6.50. The Balaban J connectivity index is 0.00000364. The minimum absolute atomic E-state index is 0. The number of hydrogen-bond acceptors (Lipinski definition) is 2. The molecule has 0 aromatic heterocycles. The number of Topliss-reactive ketones (excluding diaryl/α,β-unsaturated/α-hetero) is 1. The monoisotopic (exact) mass is 378 g/mol. The van der Waals surface area contributed by atoms with E-state index in [2.05, 4.69) is 42.1 Å². The summed E-state index contributed by atoms with van der Waals surface area (Å²) in [6.45, 7) is 10.4. The van der Waals surface area contributed by atoms with Crippen molar-refractivity contribution in [3.63, 3.8) is 0 Å². The van der Waals surface area contributed by atoms with Crippen LogP contribution >= 0.6 is 9.24 Å². The van der Waals surface area contributed by atoms with E-state index < -0.39 is 6.10 Å². The van der Waals surface area contributed by atoms with Gasteiger partial charge in [-0.05, 0) is 55.8 Å². The van der Waals surface area contributed by atoms with Crippen LogP contribution in [0.5, 0.6) is 5.75 Å². The third-order valence-corrected chi connectivity index (χ3v) is 5.24. The summed E-state index contributed by atoms with van der Waals surface area (Å²) < 4.78 is 6.23. The summed E-state index contributed by atoms with van der Waals surface area (Å²) in [4.78, 5) is 13.4. The predicted octanol–water partition coefficient (Wildman–Crippen LogP) is 2.69. The molecule has 0 N–H and O–H groups in total. The summed E-state index contributed by atoms with van der Waals surface area (Å²) in [6, 6.07) is 12.0. The van der Waals surface area contributed by atoms with Crippen LogP contribution in [0.25, 0.3) is 0 Å². The van der Waals surface area contributed by atoms with Crippen molar-refractivity contribution in [2.24, 2.45) is 5.92 Å². The van der Waals surface area contributed by atoms with Gasteiger partial charge in [-0.1, -0.05) is 56.5 Å². The molecule has 4 heteroatoms. The molecule has 0 saturated heterocycles. The Bertz CT molecular complexity index is 739. The summed E-state index contributed by atoms with van der Waals surface area (Å²) in [5, 5.41) is 1.10. The molecule has 0 bridgehead atoms. The molecule has 0 fully saturated rings. The smallest absolute Gasteiger partial charge is 1.00 e. The molecular weight excluding hydrogens is 346 g/mol. The molecule has 0 aliphatic carbocycles. The fourth-order valence-electron chi connectivity index (χ4n) is 3.51. The van der Waals surface area contributed by atoms with Crippen molar-refractivity contribution < 1.29 is 29.8 Å². The second-order valence-corrected chi connectivity index (χ2v) is 8.03. The molecule has 2 rings (SSSR count). The van der Waals surface area contributed by atoms with E-state index in [4.69, 9.17) is 4.74 Å². The van der Waals surface area contributed by atoms with Crippen molar-refractivity contribution in [3.05, 3.63) is 58.7 Å². The van der Waals surface area contributed by atoms with Crippen molar-refractivity contribution in [1.82, 2.24) is 0 Å². The van der Waals surface area contributed by atoms with Gasteiger partial charge < -0.3 is 6.16 Å². The topological polar surface area (TPSA) is 26.3 Å². The maximum atomic E-state index is 13.4. The van der Waals surface area contributed by atoms with Crippen molar-refractivity contribution >= 4 is 20.3 Å². The van der Waals surface area contributed by atoms with Crippen LogP contribution in [0.1, 0.15) is 61.6 Å². The van der Waals surface area contributed by atoms with Gasteiger partial charge in [0.05, 0.1) is 0 Å². The number of hydrogen-bond donors (Lipinski definition) is 0. The average molecular weight is 378 g/mol. The van der Waals surface area contributed by atoms with Crippen molar-refractivity contribution in [1.29, 1.82) is 0 Å². The minimum Gasteiger partial charge on any atom is -1.00 e. The first-order chi connectivity index (χ1) is 12.3. The standard InChI is InChI=1S/C23H31O2P.Li.H/c1-6-7-8-16(3)23(25-19-9-11-20(26)12-10-19)22(24)21-17(4)13-15(2)14-18(21)5;;/h9-14,16,23H,6-8,26H2,1-5H3;;/q;+1;-1. The Morgan fingerprint density at radius 2 is 1.67 bits per heavy atom. The number of benzene rings is 2. The third-order valence-electron chi connectivity index (χ3n) is 4.85. The second-order valence-electron chi connectivity index (χ2n) is 7.36. The van der Waals surface area contributed by atoms with Gasteiger partial charge in [0, 0.05) is 11.5 Å². The quantitative estimate of drug-likeness (QED) is 0.401. The van der Waals surface area contributed by atoms with Crippen LogP contribution in [-0.2, 0) is 0 Å². The van der Waals surface area contributed by atoms with E-state index in [-0.39, 0.29) is 32.0 Å². The van der Waals surface area contributed by atoms with Gasteiger partial charge in [-0.2, -0.15) is 0 Å². The van der Waals surface area contributed by atoms with E-state index in [1.807, 2.05) is 38.1 Å². The van der Waals surface area contributed by atoms with Crippen molar-refractivity contribution in [2.75, 3.05) is 0 Å². The molecule has 3 atom stereocenters. The molecule has 2 nitrogen and oxygen atoms in total. The van der Waals surface area contributed by atoms with Crippen LogP contribution < -0.4 is 28.9 Å². The zero-order valence-corrected chi connectivity index (χ0v) is 18.8. The first kappa shape index (κ1) is 24.0. The molecule has 27 heavy (non-hydrogen) atoms. The number of rotatable bonds is 8. The first-order valence-corrected chi connectivity index (χ1v) is 10.1. The Kier molecular flexibility index (Phi) is 9.82. The van der Waals surface area contributed by atoms with E-state index in [1.165, 1.54) is 5.56 Å². The molecule has 2 aromatic rings. The number of aryl methyl sites for hydroxylation is 3. The first-order valence-electron chi connectivity index (χ1n) is 9.47. The van der Waals surface area contributed by atoms with Crippen LogP contribution in [0.15, 0.2) is 36.4 Å². The van der Waals surface area contributed by atoms with Gasteiger partial charge in [0.2, 0.25) is 5.78 Å². The number of ether oxygens (including phenoxy) is 1. The Morgan fingerprint density at radius 3 is 2.19 bits per heavy atom. The molecule has 0 spiro atoms. The number of carbonyl (C=O) groups is 1. The number of ketones is 1. The molecule has 142 valence electrons. The summed E-state index contributed by atoms with van der Waals surface area (Å²) >= 11 is 0. The van der Waals surface area contributed by atoms with Gasteiger partial charge >= 0.3 is 18.9 Å². The fraction of sp³-hybridized carbons (Fsp3) is 0.435. The fourth-order valence-corrected chi connectivity index (χ4v) is 3.70. The molecule has 3 unspecified atom stereocenters. The molecule has 0 radical (unpaired) electrons. The zero-order valence-electron chi connectivity index (χ0n) is 18.6. The maximum absolute atomic E-state index is 13.4. The van der Waals surface area contributed by atoms with Crippen molar-refractivity contribution in [3.8, 4) is 5.75 Å². The van der Waals surface area contributed by atoms with Crippen molar-refractivity contribution in [2.45, 2.75) is 60.0 Å². The van der Waals surface area contributed by atoms with Crippen LogP contribution in [0.3, 0.4) is 0 Å². The van der Waals surface area contributed by atoms with E-state index in [9.17, 15) is 4.79 Å². The largest absolute Gasteiger partial charge is 1.00 e. The van der Waals surface area contributed by atoms with E-state index >= 15 is 0 Å². The molecule has 0 saturated carbocycles. The van der Waals surface area contributed by atoms with Gasteiger partial charge in [-0.15, -0.1) is 9.24 Å². The molecule has 2 aromatic carbocycles. The SMILES string of the molecule is CCCCC(C)C(Oc1ccc(P)cc1)C(=O)c1c(C)cc(C)cc1C.[H-].[Li+]. The molecule has 0 amide bonds. The van der Waals surface area contributed by atoms with Gasteiger partial charge in [0.15, 0.2) is 6.10 Å². The summed E-state index contributed by atoms with van der Waals surface area (Å²) in [6.07, 6.45) is 2.75. The Labute approximate surface area is 180 Å². The zero-order chi connectivity index (χ0) is 19.3. The molecule has 0 heterocycles. The van der Waals surface area contributed by atoms with Gasteiger partial charge in [0.1, 0.15) is 5.75 Å². The Hall–Kier alpha value is -1.06. The van der Waals surface area contributed by atoms with Gasteiger partial charge in [-0.25, -0.2) is 0 Å². The van der Waals surface area contributed by atoms with Crippen LogP contribution in [0.2, 0.25) is 0 Å². The second kappa shape index (κ2) is 11.1. The Morgan fingerprint density at radius 1 is 1.11 bits per heavy atom. The van der Waals surface area contributed by atoms with Crippen LogP contribution in [-0.4, -0.2) is 11.9 Å². The average Bonchev–Trinajstić information content (AvgIpc) is 2.58. The van der Waals surface area contributed by atoms with Gasteiger partial charge in [-0.3, -0.25) is 4.79 Å². The number of carbonyl (C=O) groups excluding carboxylic acids is 1.